The van der Waals surface area contributed by atoms with Crippen LogP contribution in [0.5, 0.6) is 0 Å². The molecule has 4 heteroatoms. The molecule has 1 N–H and O–H groups in total. The molecule has 0 bridgehead atoms. The number of rotatable bonds is 5. The maximum absolute atomic E-state index is 13.6. The van der Waals surface area contributed by atoms with Crippen molar-refractivity contribution in [3.8, 4) is 0 Å². The van der Waals surface area contributed by atoms with Crippen LogP contribution in [0.4, 0.5) is 4.39 Å². The summed E-state index contributed by atoms with van der Waals surface area (Å²) in [6.07, 6.45) is 0.511. The first-order valence-electron chi connectivity index (χ1n) is 8.40. The van der Waals surface area contributed by atoms with Crippen LogP contribution in [-0.4, -0.2) is 37.5 Å². The number of benzene rings is 2. The molecular weight excluding hydrogens is 303 g/mol. The maximum atomic E-state index is 13.6. The number of carbonyl (C=O) groups is 1. The molecule has 1 fully saturated rings. The summed E-state index contributed by atoms with van der Waals surface area (Å²) in [6.45, 7) is 2.10. The van der Waals surface area contributed by atoms with Gasteiger partial charge < -0.3 is 10.2 Å². The molecule has 2 aromatic carbocycles. The Bertz CT molecular complexity index is 689. The van der Waals surface area contributed by atoms with E-state index in [9.17, 15) is 9.18 Å². The predicted octanol–water partition coefficient (Wildman–Crippen LogP) is 2.83. The Hall–Kier alpha value is -2.20. The first kappa shape index (κ1) is 16.7. The Morgan fingerprint density at radius 2 is 1.83 bits per heavy atom. The number of hydrogen-bond donors (Lipinski definition) is 1. The van der Waals surface area contributed by atoms with Crippen molar-refractivity contribution in [1.82, 2.24) is 10.2 Å². The Kier molecular flexibility index (Phi) is 5.26. The molecule has 2 atom stereocenters. The molecule has 1 saturated heterocycles. The van der Waals surface area contributed by atoms with Crippen molar-refractivity contribution >= 4 is 5.91 Å². The van der Waals surface area contributed by atoms with E-state index in [0.717, 1.165) is 13.1 Å². The van der Waals surface area contributed by atoms with E-state index < -0.39 is 0 Å². The van der Waals surface area contributed by atoms with Crippen molar-refractivity contribution in [3.05, 3.63) is 71.5 Å². The number of likely N-dealkylation sites (tertiary alicyclic amines) is 1. The highest BCUT2D eigenvalue weighted by atomic mass is 19.1. The van der Waals surface area contributed by atoms with E-state index in [0.29, 0.717) is 18.5 Å². The van der Waals surface area contributed by atoms with Gasteiger partial charge in [0, 0.05) is 25.6 Å². The van der Waals surface area contributed by atoms with E-state index in [4.69, 9.17) is 0 Å². The lowest BCUT2D eigenvalue weighted by atomic mass is 9.88. The molecule has 126 valence electrons. The number of hydrogen-bond acceptors (Lipinski definition) is 2. The van der Waals surface area contributed by atoms with Crippen LogP contribution in [-0.2, 0) is 11.2 Å². The lowest BCUT2D eigenvalue weighted by molar-refractivity contribution is -0.124. The molecule has 2 aromatic rings. The van der Waals surface area contributed by atoms with Crippen molar-refractivity contribution in [2.45, 2.75) is 12.3 Å². The quantitative estimate of drug-likeness (QED) is 0.916. The number of amides is 1. The van der Waals surface area contributed by atoms with Gasteiger partial charge in [-0.3, -0.25) is 4.79 Å². The summed E-state index contributed by atoms with van der Waals surface area (Å²) in [5, 5.41) is 2.99. The van der Waals surface area contributed by atoms with Gasteiger partial charge in [0.2, 0.25) is 5.91 Å². The molecule has 1 amide bonds. The molecule has 3 rings (SSSR count). The molecular formula is C20H23FN2O. The average Bonchev–Trinajstić information content (AvgIpc) is 2.99. The van der Waals surface area contributed by atoms with E-state index >= 15 is 0 Å². The van der Waals surface area contributed by atoms with Gasteiger partial charge in [0.05, 0.1) is 5.92 Å². The van der Waals surface area contributed by atoms with E-state index in [1.54, 1.807) is 12.1 Å². The zero-order valence-corrected chi connectivity index (χ0v) is 13.9. The summed E-state index contributed by atoms with van der Waals surface area (Å²) in [7, 11) is 2.04. The summed E-state index contributed by atoms with van der Waals surface area (Å²) < 4.78 is 13.6. The second-order valence-electron chi connectivity index (χ2n) is 6.48. The second-order valence-corrected chi connectivity index (χ2v) is 6.48. The SMILES string of the molecule is CN1C[C@H](C(=O)NCCc2ccccc2F)[C@@H](c2ccccc2)C1. The van der Waals surface area contributed by atoms with E-state index in [2.05, 4.69) is 22.3 Å². The molecule has 3 nitrogen and oxygen atoms in total. The Morgan fingerprint density at radius 1 is 1.12 bits per heavy atom. The van der Waals surface area contributed by atoms with Crippen LogP contribution >= 0.6 is 0 Å². The standard InChI is InChI=1S/C20H23FN2O/c1-23-13-17(15-7-3-2-4-8-15)18(14-23)20(24)22-12-11-16-9-5-6-10-19(16)21/h2-10,17-18H,11-14H2,1H3,(H,22,24)/t17-,18+/m1/s1. The lowest BCUT2D eigenvalue weighted by Gasteiger charge is -2.18. The predicted molar refractivity (Wildman–Crippen MR) is 93.3 cm³/mol. The van der Waals surface area contributed by atoms with Crippen LogP contribution in [0.15, 0.2) is 54.6 Å². The van der Waals surface area contributed by atoms with Crippen molar-refractivity contribution in [3.63, 3.8) is 0 Å². The zero-order valence-electron chi connectivity index (χ0n) is 13.9. The fourth-order valence-corrected chi connectivity index (χ4v) is 3.46. The summed E-state index contributed by atoms with van der Waals surface area (Å²) in [5.41, 5.74) is 1.84. The minimum Gasteiger partial charge on any atom is -0.355 e. The number of nitrogens with one attached hydrogen (secondary N) is 1. The zero-order chi connectivity index (χ0) is 16.9. The van der Waals surface area contributed by atoms with Crippen LogP contribution in [0.25, 0.3) is 0 Å². The maximum Gasteiger partial charge on any atom is 0.225 e. The fraction of sp³-hybridized carbons (Fsp3) is 0.350. The molecule has 0 saturated carbocycles. The molecule has 0 radical (unpaired) electrons. The highest BCUT2D eigenvalue weighted by Crippen LogP contribution is 2.31. The van der Waals surface area contributed by atoms with Gasteiger partial charge in [-0.15, -0.1) is 0 Å². The fourth-order valence-electron chi connectivity index (χ4n) is 3.46. The molecule has 1 heterocycles. The average molecular weight is 326 g/mol. The van der Waals surface area contributed by atoms with E-state index in [-0.39, 0.29) is 23.6 Å². The monoisotopic (exact) mass is 326 g/mol. The summed E-state index contributed by atoms with van der Waals surface area (Å²) >= 11 is 0. The van der Waals surface area contributed by atoms with Crippen LogP contribution < -0.4 is 5.32 Å². The third kappa shape index (κ3) is 3.82. The first-order chi connectivity index (χ1) is 11.6. The van der Waals surface area contributed by atoms with Crippen molar-refractivity contribution < 1.29 is 9.18 Å². The third-order valence-corrected chi connectivity index (χ3v) is 4.72. The minimum atomic E-state index is -0.213. The number of nitrogens with zero attached hydrogens (tertiary/aromatic N) is 1. The molecule has 0 unspecified atom stereocenters. The topological polar surface area (TPSA) is 32.3 Å². The molecule has 0 aliphatic carbocycles. The van der Waals surface area contributed by atoms with Gasteiger partial charge >= 0.3 is 0 Å². The molecule has 24 heavy (non-hydrogen) atoms. The lowest BCUT2D eigenvalue weighted by Crippen LogP contribution is -2.35. The summed E-state index contributed by atoms with van der Waals surface area (Å²) in [6, 6.07) is 16.9. The Balaban J connectivity index is 1.60. The Labute approximate surface area is 142 Å². The van der Waals surface area contributed by atoms with Gasteiger partial charge in [-0.2, -0.15) is 0 Å². The van der Waals surface area contributed by atoms with E-state index in [1.807, 2.05) is 31.3 Å². The van der Waals surface area contributed by atoms with Crippen molar-refractivity contribution in [2.75, 3.05) is 26.7 Å². The summed E-state index contributed by atoms with van der Waals surface area (Å²) in [5.74, 6) is 0.00161. The number of carbonyl (C=O) groups excluding carboxylic acids is 1. The van der Waals surface area contributed by atoms with Gasteiger partial charge in [-0.05, 0) is 30.7 Å². The van der Waals surface area contributed by atoms with Crippen LogP contribution in [0.3, 0.4) is 0 Å². The molecule has 1 aliphatic rings. The summed E-state index contributed by atoms with van der Waals surface area (Å²) in [4.78, 5) is 14.8. The largest absolute Gasteiger partial charge is 0.355 e. The van der Waals surface area contributed by atoms with Gasteiger partial charge in [0.25, 0.3) is 0 Å². The Morgan fingerprint density at radius 3 is 2.58 bits per heavy atom. The van der Waals surface area contributed by atoms with Gasteiger partial charge in [-0.25, -0.2) is 4.39 Å². The molecule has 0 spiro atoms. The number of likely N-dealkylation sites (N-methyl/N-ethyl adjacent to an activating group) is 1. The molecule has 0 aromatic heterocycles. The third-order valence-electron chi connectivity index (χ3n) is 4.72. The van der Waals surface area contributed by atoms with Crippen molar-refractivity contribution in [1.29, 1.82) is 0 Å². The number of halogens is 1. The van der Waals surface area contributed by atoms with Gasteiger partial charge in [-0.1, -0.05) is 48.5 Å². The minimum absolute atomic E-state index is 0.0574. The second kappa shape index (κ2) is 7.58. The van der Waals surface area contributed by atoms with Crippen LogP contribution in [0.1, 0.15) is 17.0 Å². The highest BCUT2D eigenvalue weighted by Gasteiger charge is 2.36. The normalized spacial score (nSPS) is 20.9. The van der Waals surface area contributed by atoms with Crippen LogP contribution in [0.2, 0.25) is 0 Å². The highest BCUT2D eigenvalue weighted by molar-refractivity contribution is 5.80. The van der Waals surface area contributed by atoms with Gasteiger partial charge in [0.15, 0.2) is 0 Å². The smallest absolute Gasteiger partial charge is 0.225 e. The molecule has 1 aliphatic heterocycles. The van der Waals surface area contributed by atoms with Crippen molar-refractivity contribution in [2.24, 2.45) is 5.92 Å². The van der Waals surface area contributed by atoms with Gasteiger partial charge in [0.1, 0.15) is 5.82 Å². The first-order valence-corrected chi connectivity index (χ1v) is 8.40. The van der Waals surface area contributed by atoms with Crippen LogP contribution in [0, 0.1) is 11.7 Å². The van der Waals surface area contributed by atoms with E-state index in [1.165, 1.54) is 11.6 Å².